The van der Waals surface area contributed by atoms with Crippen LogP contribution in [-0.2, 0) is 9.59 Å². The molecule has 1 aliphatic rings. The molecule has 0 spiro atoms. The summed E-state index contributed by atoms with van der Waals surface area (Å²) in [4.78, 5) is 25.7. The fraction of sp³-hybridized carbons (Fsp3) is 0.176. The quantitative estimate of drug-likeness (QED) is 0.666. The summed E-state index contributed by atoms with van der Waals surface area (Å²) in [6.07, 6.45) is 0. The molecule has 2 aromatic carbocycles. The van der Waals surface area contributed by atoms with Crippen molar-refractivity contribution in [2.45, 2.75) is 6.92 Å². The summed E-state index contributed by atoms with van der Waals surface area (Å²) in [6.45, 7) is 1.93. The van der Waals surface area contributed by atoms with Crippen molar-refractivity contribution in [3.05, 3.63) is 52.0 Å². The van der Waals surface area contributed by atoms with Gasteiger partial charge in [-0.3, -0.25) is 4.79 Å². The molecule has 2 aromatic rings. The Balaban J connectivity index is 1.78. The van der Waals surface area contributed by atoms with Gasteiger partial charge in [0.25, 0.3) is 0 Å². The topological polar surface area (TPSA) is 58.6 Å². The first-order valence-corrected chi connectivity index (χ1v) is 7.99. The second kappa shape index (κ2) is 6.71. The van der Waals surface area contributed by atoms with Crippen LogP contribution in [0.3, 0.4) is 0 Å². The Kier molecular flexibility index (Phi) is 4.64. The maximum Gasteiger partial charge on any atom is 0.331 e. The van der Waals surface area contributed by atoms with Crippen LogP contribution in [0.2, 0.25) is 10.0 Å². The molecule has 1 aliphatic heterocycles. The van der Waals surface area contributed by atoms with E-state index in [-0.39, 0.29) is 19.0 Å². The monoisotopic (exact) mass is 364 g/mol. The molecule has 7 heteroatoms. The molecule has 0 radical (unpaired) electrons. The summed E-state index contributed by atoms with van der Waals surface area (Å²) in [5.74, 6) is -0.258. The average molecular weight is 365 g/mol. The van der Waals surface area contributed by atoms with Gasteiger partial charge in [-0.05, 0) is 42.8 Å². The zero-order valence-corrected chi connectivity index (χ0v) is 14.3. The number of carbonyl (C=O) groups excluding carboxylic acids is 2. The highest BCUT2D eigenvalue weighted by molar-refractivity contribution is 6.35. The van der Waals surface area contributed by atoms with E-state index in [2.05, 4.69) is 5.32 Å². The number of ether oxygens (including phenoxy) is 1. The van der Waals surface area contributed by atoms with Gasteiger partial charge in [-0.2, -0.15) is 0 Å². The maximum absolute atomic E-state index is 12.3. The number of hydrogen-bond donors (Lipinski definition) is 1. The third kappa shape index (κ3) is 3.63. The molecular weight excluding hydrogens is 351 g/mol. The van der Waals surface area contributed by atoms with Gasteiger partial charge >= 0.3 is 5.97 Å². The minimum atomic E-state index is -0.403. The molecule has 0 fully saturated rings. The van der Waals surface area contributed by atoms with Crippen LogP contribution in [0.4, 0.5) is 11.4 Å². The van der Waals surface area contributed by atoms with Crippen LogP contribution in [0.5, 0.6) is 5.75 Å². The van der Waals surface area contributed by atoms with Crippen molar-refractivity contribution in [2.75, 3.05) is 23.3 Å². The molecule has 0 saturated carbocycles. The summed E-state index contributed by atoms with van der Waals surface area (Å²) < 4.78 is 5.20. The Morgan fingerprint density at radius 1 is 1.25 bits per heavy atom. The highest BCUT2D eigenvalue weighted by atomic mass is 35.5. The Hall–Kier alpha value is -2.24. The molecule has 0 aromatic heterocycles. The fourth-order valence-electron chi connectivity index (χ4n) is 2.45. The number of nitrogens with zero attached hydrogens (tertiary/aromatic N) is 1. The molecule has 1 N–H and O–H groups in total. The lowest BCUT2D eigenvalue weighted by atomic mass is 10.1. The lowest BCUT2D eigenvalue weighted by Gasteiger charge is -2.29. The summed E-state index contributed by atoms with van der Waals surface area (Å²) in [5, 5.41) is 3.57. The maximum atomic E-state index is 12.3. The number of nitrogens with one attached hydrogen (secondary N) is 1. The van der Waals surface area contributed by atoms with Crippen molar-refractivity contribution in [3.8, 4) is 5.75 Å². The number of carbonyl (C=O) groups is 2. The first kappa shape index (κ1) is 16.6. The number of fused-ring (bicyclic) bond motifs is 1. The second-order valence-corrected chi connectivity index (χ2v) is 6.32. The highest BCUT2D eigenvalue weighted by Gasteiger charge is 2.25. The Morgan fingerprint density at radius 3 is 2.83 bits per heavy atom. The van der Waals surface area contributed by atoms with E-state index in [4.69, 9.17) is 27.9 Å². The van der Waals surface area contributed by atoms with Crippen LogP contribution < -0.4 is 15.0 Å². The molecule has 0 unspecified atom stereocenters. The number of hydrogen-bond acceptors (Lipinski definition) is 4. The summed E-state index contributed by atoms with van der Waals surface area (Å²) in [7, 11) is 0. The zero-order valence-electron chi connectivity index (χ0n) is 12.8. The largest absolute Gasteiger partial charge is 0.423 e. The molecule has 0 saturated heterocycles. The van der Waals surface area contributed by atoms with E-state index >= 15 is 0 Å². The number of anilines is 2. The Labute approximate surface area is 149 Å². The molecule has 0 aliphatic carbocycles. The highest BCUT2D eigenvalue weighted by Crippen LogP contribution is 2.33. The van der Waals surface area contributed by atoms with Crippen LogP contribution >= 0.6 is 23.2 Å². The van der Waals surface area contributed by atoms with Crippen LogP contribution in [-0.4, -0.2) is 25.0 Å². The number of benzene rings is 2. The van der Waals surface area contributed by atoms with E-state index in [9.17, 15) is 9.59 Å². The standard InChI is InChI=1S/C17H14Cl2N2O3/c1-10-2-5-15-14(6-10)21(9-17(23)24-15)8-16(22)20-13-7-11(18)3-4-12(13)19/h2-7H,8-9H2,1H3,(H,20,22). The summed E-state index contributed by atoms with van der Waals surface area (Å²) >= 11 is 12.0. The van der Waals surface area contributed by atoms with Crippen LogP contribution in [0.25, 0.3) is 0 Å². The predicted molar refractivity (Wildman–Crippen MR) is 94.1 cm³/mol. The first-order valence-electron chi connectivity index (χ1n) is 7.23. The normalized spacial score (nSPS) is 13.3. The minimum absolute atomic E-state index is 0.00556. The number of amides is 1. The van der Waals surface area contributed by atoms with E-state index in [0.29, 0.717) is 27.2 Å². The lowest BCUT2D eigenvalue weighted by molar-refractivity contribution is -0.133. The average Bonchev–Trinajstić information content (AvgIpc) is 2.51. The van der Waals surface area contributed by atoms with Crippen molar-refractivity contribution in [1.82, 2.24) is 0 Å². The van der Waals surface area contributed by atoms with Gasteiger partial charge in [0.2, 0.25) is 5.91 Å². The van der Waals surface area contributed by atoms with Gasteiger partial charge in [-0.25, -0.2) is 4.79 Å². The predicted octanol–water partition coefficient (Wildman–Crippen LogP) is 3.67. The van der Waals surface area contributed by atoms with Crippen molar-refractivity contribution < 1.29 is 14.3 Å². The number of halogens is 2. The molecule has 124 valence electrons. The van der Waals surface area contributed by atoms with Gasteiger partial charge in [0, 0.05) is 5.02 Å². The molecule has 0 bridgehead atoms. The van der Waals surface area contributed by atoms with Crippen molar-refractivity contribution in [2.24, 2.45) is 0 Å². The van der Waals surface area contributed by atoms with E-state index in [1.807, 2.05) is 19.1 Å². The lowest BCUT2D eigenvalue weighted by Crippen LogP contribution is -2.41. The Morgan fingerprint density at radius 2 is 2.04 bits per heavy atom. The van der Waals surface area contributed by atoms with E-state index in [1.165, 1.54) is 0 Å². The summed E-state index contributed by atoms with van der Waals surface area (Å²) in [5.41, 5.74) is 2.15. The van der Waals surface area contributed by atoms with Gasteiger partial charge < -0.3 is 15.0 Å². The SMILES string of the molecule is Cc1ccc2c(c1)N(CC(=O)Nc1cc(Cl)ccc1Cl)CC(=O)O2. The molecule has 0 atom stereocenters. The van der Waals surface area contributed by atoms with Gasteiger partial charge in [0.15, 0.2) is 5.75 Å². The molecular formula is C17H14Cl2N2O3. The third-order valence-corrected chi connectivity index (χ3v) is 4.10. The minimum Gasteiger partial charge on any atom is -0.423 e. The Bertz CT molecular complexity index is 823. The molecule has 1 amide bonds. The van der Waals surface area contributed by atoms with E-state index in [0.717, 1.165) is 5.56 Å². The van der Waals surface area contributed by atoms with Gasteiger partial charge in [-0.15, -0.1) is 0 Å². The second-order valence-electron chi connectivity index (χ2n) is 5.47. The van der Waals surface area contributed by atoms with Crippen LogP contribution in [0.1, 0.15) is 5.56 Å². The molecule has 5 nitrogen and oxygen atoms in total. The van der Waals surface area contributed by atoms with E-state index < -0.39 is 5.97 Å². The third-order valence-electron chi connectivity index (χ3n) is 3.54. The van der Waals surface area contributed by atoms with Gasteiger partial charge in [0.1, 0.15) is 6.54 Å². The number of rotatable bonds is 3. The fourth-order valence-corrected chi connectivity index (χ4v) is 2.79. The van der Waals surface area contributed by atoms with Gasteiger partial charge in [0.05, 0.1) is 22.9 Å². The molecule has 1 heterocycles. The smallest absolute Gasteiger partial charge is 0.331 e. The van der Waals surface area contributed by atoms with Gasteiger partial charge in [-0.1, -0.05) is 29.3 Å². The van der Waals surface area contributed by atoms with Crippen molar-refractivity contribution >= 4 is 46.5 Å². The van der Waals surface area contributed by atoms with Crippen LogP contribution in [0, 0.1) is 6.92 Å². The summed E-state index contributed by atoms with van der Waals surface area (Å²) in [6, 6.07) is 10.3. The first-order chi connectivity index (χ1) is 11.4. The molecule has 24 heavy (non-hydrogen) atoms. The van der Waals surface area contributed by atoms with Crippen molar-refractivity contribution in [1.29, 1.82) is 0 Å². The van der Waals surface area contributed by atoms with Crippen molar-refractivity contribution in [3.63, 3.8) is 0 Å². The zero-order chi connectivity index (χ0) is 17.3. The number of aryl methyl sites for hydroxylation is 1. The van der Waals surface area contributed by atoms with E-state index in [1.54, 1.807) is 29.2 Å². The molecule has 3 rings (SSSR count). The number of esters is 1. The van der Waals surface area contributed by atoms with Crippen LogP contribution in [0.15, 0.2) is 36.4 Å².